The molecule has 0 unspecified atom stereocenters. The lowest BCUT2D eigenvalue weighted by atomic mass is 10.1. The number of nitrogens with one attached hydrogen (secondary N) is 1. The Kier molecular flexibility index (Phi) is 6.41. The molecule has 0 aliphatic rings. The minimum absolute atomic E-state index is 0.117. The van der Waals surface area contributed by atoms with Crippen LogP contribution in [-0.4, -0.2) is 23.4 Å². The van der Waals surface area contributed by atoms with Gasteiger partial charge >= 0.3 is 5.97 Å². The van der Waals surface area contributed by atoms with E-state index in [0.29, 0.717) is 0 Å². The lowest BCUT2D eigenvalue weighted by Crippen LogP contribution is -2.30. The molecule has 7 nitrogen and oxygen atoms in total. The van der Waals surface area contributed by atoms with Crippen LogP contribution in [0.2, 0.25) is 0 Å². The average Bonchev–Trinajstić information content (AvgIpc) is 3.13. The molecule has 1 N–H and O–H groups in total. The molecule has 2 rings (SSSR count). The van der Waals surface area contributed by atoms with Crippen molar-refractivity contribution in [3.8, 4) is 0 Å². The van der Waals surface area contributed by atoms with E-state index in [1.807, 2.05) is 24.4 Å². The Balaban J connectivity index is 1.84. The zero-order valence-corrected chi connectivity index (χ0v) is 14.2. The molecule has 2 aromatic rings. The molecule has 0 saturated carbocycles. The summed E-state index contributed by atoms with van der Waals surface area (Å²) in [6.07, 6.45) is 2.34. The van der Waals surface area contributed by atoms with Crippen molar-refractivity contribution < 1.29 is 19.2 Å². The van der Waals surface area contributed by atoms with Gasteiger partial charge in [0.1, 0.15) is 0 Å². The molecular formula is C17H16N2O5S. The minimum atomic E-state index is -0.753. The fraction of sp³-hybridized carbons (Fsp3) is 0.176. The molecule has 1 heterocycles. The van der Waals surface area contributed by atoms with E-state index in [2.05, 4.69) is 5.32 Å². The Morgan fingerprint density at radius 3 is 2.76 bits per heavy atom. The predicted octanol–water partition coefficient (Wildman–Crippen LogP) is 3.09. The van der Waals surface area contributed by atoms with Crippen molar-refractivity contribution in [2.24, 2.45) is 0 Å². The number of nitro benzene ring substituents is 1. The third-order valence-electron chi connectivity index (χ3n) is 3.23. The summed E-state index contributed by atoms with van der Waals surface area (Å²) in [6, 6.07) is 9.62. The van der Waals surface area contributed by atoms with Crippen LogP contribution in [0, 0.1) is 10.1 Å². The van der Waals surface area contributed by atoms with Gasteiger partial charge in [-0.15, -0.1) is 11.3 Å². The number of amides is 1. The first-order chi connectivity index (χ1) is 12.0. The Labute approximate surface area is 148 Å². The lowest BCUT2D eigenvalue weighted by molar-refractivity contribution is -0.385. The Hall–Kier alpha value is -3.00. The van der Waals surface area contributed by atoms with Crippen LogP contribution >= 0.6 is 11.3 Å². The molecule has 0 bridgehead atoms. The van der Waals surface area contributed by atoms with Crippen molar-refractivity contribution in [3.05, 3.63) is 68.4 Å². The molecule has 1 atom stereocenters. The highest BCUT2D eigenvalue weighted by Crippen LogP contribution is 2.19. The molecule has 1 aromatic heterocycles. The highest BCUT2D eigenvalue weighted by Gasteiger charge is 2.12. The predicted molar refractivity (Wildman–Crippen MR) is 94.0 cm³/mol. The van der Waals surface area contributed by atoms with E-state index in [9.17, 15) is 19.7 Å². The van der Waals surface area contributed by atoms with Crippen LogP contribution in [0.4, 0.5) is 5.69 Å². The van der Waals surface area contributed by atoms with Gasteiger partial charge < -0.3 is 10.1 Å². The maximum Gasteiger partial charge on any atom is 0.331 e. The summed E-state index contributed by atoms with van der Waals surface area (Å²) < 4.78 is 4.84. The van der Waals surface area contributed by atoms with E-state index >= 15 is 0 Å². The molecule has 1 amide bonds. The Morgan fingerprint density at radius 1 is 1.32 bits per heavy atom. The first-order valence-electron chi connectivity index (χ1n) is 7.38. The van der Waals surface area contributed by atoms with Gasteiger partial charge in [0.15, 0.2) is 6.61 Å². The molecule has 0 spiro atoms. The number of hydrogen-bond donors (Lipinski definition) is 1. The zero-order chi connectivity index (χ0) is 18.2. The number of rotatable bonds is 7. The van der Waals surface area contributed by atoms with Crippen LogP contribution < -0.4 is 5.32 Å². The third kappa shape index (κ3) is 5.54. The third-order valence-corrected chi connectivity index (χ3v) is 4.28. The minimum Gasteiger partial charge on any atom is -0.452 e. The molecule has 0 aliphatic carbocycles. The van der Waals surface area contributed by atoms with Gasteiger partial charge in [0.05, 0.1) is 16.5 Å². The fourth-order valence-corrected chi connectivity index (χ4v) is 2.76. The summed E-state index contributed by atoms with van der Waals surface area (Å²) in [5.74, 6) is -1.18. The largest absolute Gasteiger partial charge is 0.452 e. The Bertz CT molecular complexity index is 786. The molecular weight excluding hydrogens is 344 g/mol. The number of benzene rings is 1. The highest BCUT2D eigenvalue weighted by molar-refractivity contribution is 7.10. The monoisotopic (exact) mass is 360 g/mol. The van der Waals surface area contributed by atoms with Crippen LogP contribution in [0.5, 0.6) is 0 Å². The zero-order valence-electron chi connectivity index (χ0n) is 13.4. The molecule has 0 fully saturated rings. The number of ether oxygens (including phenoxy) is 1. The van der Waals surface area contributed by atoms with Crippen molar-refractivity contribution in [1.29, 1.82) is 0 Å². The van der Waals surface area contributed by atoms with Crippen LogP contribution in [0.25, 0.3) is 6.08 Å². The maximum atomic E-state index is 11.8. The van der Waals surface area contributed by atoms with Crippen molar-refractivity contribution in [1.82, 2.24) is 5.32 Å². The summed E-state index contributed by atoms with van der Waals surface area (Å²) in [7, 11) is 0. The van der Waals surface area contributed by atoms with Crippen LogP contribution in [-0.2, 0) is 14.3 Å². The van der Waals surface area contributed by atoms with Crippen molar-refractivity contribution in [2.45, 2.75) is 13.0 Å². The van der Waals surface area contributed by atoms with Crippen molar-refractivity contribution in [2.75, 3.05) is 6.61 Å². The molecule has 130 valence electrons. The highest BCUT2D eigenvalue weighted by atomic mass is 32.1. The van der Waals surface area contributed by atoms with Gasteiger partial charge in [-0.3, -0.25) is 14.9 Å². The summed E-state index contributed by atoms with van der Waals surface area (Å²) >= 11 is 1.52. The van der Waals surface area contributed by atoms with Crippen molar-refractivity contribution >= 4 is 35.0 Å². The average molecular weight is 360 g/mol. The first-order valence-corrected chi connectivity index (χ1v) is 8.26. The van der Waals surface area contributed by atoms with E-state index in [-0.39, 0.29) is 17.3 Å². The van der Waals surface area contributed by atoms with Crippen molar-refractivity contribution in [3.63, 3.8) is 0 Å². The maximum absolute atomic E-state index is 11.8. The lowest BCUT2D eigenvalue weighted by Gasteiger charge is -2.11. The summed E-state index contributed by atoms with van der Waals surface area (Å²) in [4.78, 5) is 34.8. The van der Waals surface area contributed by atoms with Gasteiger partial charge in [0, 0.05) is 17.0 Å². The smallest absolute Gasteiger partial charge is 0.331 e. The summed E-state index contributed by atoms with van der Waals surface area (Å²) in [6.45, 7) is 1.41. The quantitative estimate of drug-likeness (QED) is 0.354. The second-order valence-electron chi connectivity index (χ2n) is 5.06. The van der Waals surface area contributed by atoms with E-state index in [1.165, 1.54) is 35.6 Å². The number of esters is 1. The molecule has 0 saturated heterocycles. The van der Waals surface area contributed by atoms with Gasteiger partial charge in [0.25, 0.3) is 11.6 Å². The number of carbonyl (C=O) groups excluding carboxylic acids is 2. The van der Waals surface area contributed by atoms with Gasteiger partial charge in [-0.05, 0) is 30.5 Å². The fourth-order valence-electron chi connectivity index (χ4n) is 2.03. The van der Waals surface area contributed by atoms with E-state index < -0.39 is 23.4 Å². The molecule has 0 aliphatic heterocycles. The van der Waals surface area contributed by atoms with E-state index in [4.69, 9.17) is 4.74 Å². The van der Waals surface area contributed by atoms with Gasteiger partial charge in [-0.25, -0.2) is 4.79 Å². The SMILES string of the molecule is C[C@H](NC(=O)COC(=O)/C=C/c1ccccc1[N+](=O)[O-])c1cccs1. The van der Waals surface area contributed by atoms with Crippen LogP contribution in [0.15, 0.2) is 47.9 Å². The first kappa shape index (κ1) is 18.3. The number of nitro groups is 1. The number of hydrogen-bond acceptors (Lipinski definition) is 6. The number of thiophene rings is 1. The Morgan fingerprint density at radius 2 is 2.08 bits per heavy atom. The second kappa shape index (κ2) is 8.74. The number of carbonyl (C=O) groups is 2. The molecule has 1 aromatic carbocycles. The number of para-hydroxylation sites is 1. The molecule has 25 heavy (non-hydrogen) atoms. The molecule has 8 heteroatoms. The number of nitrogens with zero attached hydrogens (tertiary/aromatic N) is 1. The van der Waals surface area contributed by atoms with Crippen LogP contribution in [0.3, 0.4) is 0 Å². The molecule has 0 radical (unpaired) electrons. The normalized spacial score (nSPS) is 11.9. The second-order valence-corrected chi connectivity index (χ2v) is 6.04. The summed E-state index contributed by atoms with van der Waals surface area (Å²) in [5, 5.41) is 15.5. The van der Waals surface area contributed by atoms with Crippen LogP contribution in [0.1, 0.15) is 23.4 Å². The van der Waals surface area contributed by atoms with E-state index in [1.54, 1.807) is 6.07 Å². The topological polar surface area (TPSA) is 98.5 Å². The van der Waals surface area contributed by atoms with E-state index in [0.717, 1.165) is 11.0 Å². The van der Waals surface area contributed by atoms with Gasteiger partial charge in [-0.2, -0.15) is 0 Å². The van der Waals surface area contributed by atoms with Gasteiger partial charge in [0.2, 0.25) is 0 Å². The van der Waals surface area contributed by atoms with Gasteiger partial charge in [-0.1, -0.05) is 18.2 Å². The standard InChI is InChI=1S/C17H16N2O5S/c1-12(15-7-4-10-25-15)18-16(20)11-24-17(21)9-8-13-5-2-3-6-14(13)19(22)23/h2-10,12H,11H2,1H3,(H,18,20)/b9-8+/t12-/m0/s1. The summed E-state index contributed by atoms with van der Waals surface area (Å²) in [5.41, 5.74) is 0.161.